The van der Waals surface area contributed by atoms with Crippen molar-refractivity contribution in [1.29, 1.82) is 0 Å². The van der Waals surface area contributed by atoms with Crippen molar-refractivity contribution in [1.82, 2.24) is 0 Å². The van der Waals surface area contributed by atoms with E-state index >= 15 is 0 Å². The van der Waals surface area contributed by atoms with E-state index in [0.29, 0.717) is 12.0 Å². The zero-order valence-electron chi connectivity index (χ0n) is 17.7. The molecular formula is C21H28O10P2. The first-order valence-corrected chi connectivity index (χ1v) is 12.4. The average molecular weight is 502 g/mol. The van der Waals surface area contributed by atoms with Crippen LogP contribution in [0, 0.1) is 0 Å². The van der Waals surface area contributed by atoms with Crippen molar-refractivity contribution < 1.29 is 48.7 Å². The molecule has 3 rings (SSSR count). The molecule has 3 aromatic rings. The van der Waals surface area contributed by atoms with E-state index < -0.39 is 21.4 Å². The van der Waals surface area contributed by atoms with Crippen molar-refractivity contribution >= 4 is 15.6 Å². The predicted molar refractivity (Wildman–Crippen MR) is 123 cm³/mol. The summed E-state index contributed by atoms with van der Waals surface area (Å²) in [4.78, 5) is 43.1. The van der Waals surface area contributed by atoms with E-state index in [1.807, 2.05) is 18.2 Å². The molecule has 0 radical (unpaired) electrons. The number of hydrogen-bond acceptors (Lipinski definition) is 4. The Morgan fingerprint density at radius 2 is 0.818 bits per heavy atom. The quantitative estimate of drug-likeness (QED) is 0.195. The lowest BCUT2D eigenvalue weighted by molar-refractivity contribution is -0.171. The van der Waals surface area contributed by atoms with Gasteiger partial charge in [-0.25, -0.2) is 9.13 Å². The molecule has 0 spiro atoms. The van der Waals surface area contributed by atoms with Gasteiger partial charge in [0.05, 0.1) is 0 Å². The van der Waals surface area contributed by atoms with Gasteiger partial charge in [-0.15, -0.1) is 0 Å². The summed E-state index contributed by atoms with van der Waals surface area (Å²) in [6.07, 6.45) is 0.303. The first kappa shape index (κ1) is 30.8. The molecule has 0 aliphatic carbocycles. The highest BCUT2D eigenvalue weighted by Gasteiger charge is 2.21. The minimum atomic E-state index is -4.64. The van der Waals surface area contributed by atoms with Crippen LogP contribution in [0.25, 0.3) is 11.1 Å². The van der Waals surface area contributed by atoms with E-state index in [2.05, 4.69) is 48.5 Å². The van der Waals surface area contributed by atoms with Crippen LogP contribution in [-0.4, -0.2) is 39.6 Å². The molecule has 0 unspecified atom stereocenters. The molecular weight excluding hydrogens is 474 g/mol. The predicted octanol–water partition coefficient (Wildman–Crippen LogP) is 2.73. The molecule has 0 bridgehead atoms. The fraction of sp³-hybridized carbons (Fsp3) is 0.143. The molecule has 0 atom stereocenters. The van der Waals surface area contributed by atoms with Crippen LogP contribution in [0.5, 0.6) is 0 Å². The van der Waals surface area contributed by atoms with Crippen molar-refractivity contribution in [2.24, 2.45) is 0 Å². The smallest absolute Gasteiger partial charge is 0.362 e. The van der Waals surface area contributed by atoms with Crippen LogP contribution >= 0.6 is 15.6 Å². The fourth-order valence-electron chi connectivity index (χ4n) is 2.17. The summed E-state index contributed by atoms with van der Waals surface area (Å²) in [6, 6.07) is 29.6. The van der Waals surface area contributed by atoms with Gasteiger partial charge in [0.25, 0.3) is 0 Å². The van der Waals surface area contributed by atoms with E-state index in [9.17, 15) is 10.2 Å². The molecule has 0 heterocycles. The summed E-state index contributed by atoms with van der Waals surface area (Å²) in [6.45, 7) is 1.73. The summed E-state index contributed by atoms with van der Waals surface area (Å²) in [5, 5.41) is 18.7. The summed E-state index contributed by atoms with van der Waals surface area (Å²) >= 11 is 0. The van der Waals surface area contributed by atoms with Gasteiger partial charge in [-0.2, -0.15) is 0 Å². The van der Waals surface area contributed by atoms with E-state index in [1.165, 1.54) is 11.1 Å². The third kappa shape index (κ3) is 19.0. The van der Waals surface area contributed by atoms with Crippen LogP contribution < -0.4 is 0 Å². The van der Waals surface area contributed by atoms with Gasteiger partial charge in [0.2, 0.25) is 0 Å². The zero-order valence-corrected chi connectivity index (χ0v) is 19.4. The molecule has 0 fully saturated rings. The highest BCUT2D eigenvalue weighted by Crippen LogP contribution is 2.26. The molecule has 12 heteroatoms. The molecule has 0 aliphatic rings. The lowest BCUT2D eigenvalue weighted by Gasteiger charge is -2.19. The highest BCUT2D eigenvalue weighted by atomic mass is 31.2. The van der Waals surface area contributed by atoms with E-state index in [4.69, 9.17) is 38.5 Å². The van der Waals surface area contributed by atoms with Gasteiger partial charge < -0.3 is 39.6 Å². The van der Waals surface area contributed by atoms with Crippen LogP contribution in [0.4, 0.5) is 0 Å². The fourth-order valence-corrected chi connectivity index (χ4v) is 2.17. The Morgan fingerprint density at radius 1 is 0.576 bits per heavy atom. The molecule has 10 nitrogen and oxygen atoms in total. The monoisotopic (exact) mass is 502 g/mol. The standard InChI is InChI=1S/C12H10.C9H12O2.2H3O4P/c1-3-7-11(8-4-1)12-9-5-2-6-10-12;1-2-9(10,11)8-6-4-3-5-7-8;2*1-5(2,3)4/h1-10H;3-7,10-11H,2H2,1H3;2*(H3,1,2,3,4). The summed E-state index contributed by atoms with van der Waals surface area (Å²) in [5.74, 6) is -1.67. The second kappa shape index (κ2) is 14.8. The number of hydrogen-bond donors (Lipinski definition) is 8. The van der Waals surface area contributed by atoms with Gasteiger partial charge >= 0.3 is 15.6 Å². The number of rotatable bonds is 3. The average Bonchev–Trinajstić information content (AvgIpc) is 2.74. The Morgan fingerprint density at radius 3 is 1.06 bits per heavy atom. The Hall–Kier alpha value is -2.20. The van der Waals surface area contributed by atoms with Crippen molar-refractivity contribution in [3.8, 4) is 11.1 Å². The van der Waals surface area contributed by atoms with E-state index in [-0.39, 0.29) is 0 Å². The summed E-state index contributed by atoms with van der Waals surface area (Å²) < 4.78 is 17.8. The van der Waals surface area contributed by atoms with Crippen LogP contribution in [0.15, 0.2) is 91.0 Å². The second-order valence-corrected chi connectivity index (χ2v) is 8.35. The van der Waals surface area contributed by atoms with E-state index in [0.717, 1.165) is 0 Å². The third-order valence-electron chi connectivity index (χ3n) is 3.61. The van der Waals surface area contributed by atoms with Crippen molar-refractivity contribution in [3.05, 3.63) is 96.6 Å². The van der Waals surface area contributed by atoms with Crippen molar-refractivity contribution in [2.45, 2.75) is 19.1 Å². The van der Waals surface area contributed by atoms with Gasteiger partial charge in [-0.3, -0.25) is 0 Å². The van der Waals surface area contributed by atoms with Crippen LogP contribution in [0.1, 0.15) is 18.9 Å². The molecule has 182 valence electrons. The number of aliphatic hydroxyl groups is 2. The lowest BCUT2D eigenvalue weighted by Crippen LogP contribution is -2.23. The summed E-state index contributed by atoms with van der Waals surface area (Å²) in [5.41, 5.74) is 3.10. The molecule has 0 aliphatic heterocycles. The minimum absolute atomic E-state index is 0.303. The summed E-state index contributed by atoms with van der Waals surface area (Å²) in [7, 11) is -9.28. The van der Waals surface area contributed by atoms with E-state index in [1.54, 1.807) is 31.2 Å². The zero-order chi connectivity index (χ0) is 25.5. The molecule has 33 heavy (non-hydrogen) atoms. The van der Waals surface area contributed by atoms with Crippen LogP contribution in [0.3, 0.4) is 0 Å². The SMILES string of the molecule is CCC(O)(O)c1ccccc1.O=P(O)(O)O.O=P(O)(O)O.c1ccc(-c2ccccc2)cc1. The topological polar surface area (TPSA) is 196 Å². The lowest BCUT2D eigenvalue weighted by atomic mass is 10.0. The van der Waals surface area contributed by atoms with Crippen LogP contribution in [0.2, 0.25) is 0 Å². The first-order valence-electron chi connectivity index (χ1n) is 9.31. The molecule has 0 saturated carbocycles. The Labute approximate surface area is 191 Å². The molecule has 8 N–H and O–H groups in total. The van der Waals surface area contributed by atoms with Gasteiger partial charge in [0.15, 0.2) is 5.79 Å². The Kier molecular flexibility index (Phi) is 13.9. The normalized spacial score (nSPS) is 10.9. The van der Waals surface area contributed by atoms with Gasteiger partial charge in [0, 0.05) is 12.0 Å². The Bertz CT molecular complexity index is 913. The third-order valence-corrected chi connectivity index (χ3v) is 3.61. The largest absolute Gasteiger partial charge is 0.466 e. The first-order chi connectivity index (χ1) is 15.1. The number of phosphoric acid groups is 2. The maximum absolute atomic E-state index is 9.35. The number of benzene rings is 3. The van der Waals surface area contributed by atoms with Crippen molar-refractivity contribution in [2.75, 3.05) is 0 Å². The second-order valence-electron chi connectivity index (χ2n) is 6.29. The molecule has 3 aromatic carbocycles. The van der Waals surface area contributed by atoms with Gasteiger partial charge in [-0.1, -0.05) is 97.9 Å². The maximum atomic E-state index is 9.35. The molecule has 0 amide bonds. The Balaban J connectivity index is 0.000000450. The molecule has 0 saturated heterocycles. The minimum Gasteiger partial charge on any atom is -0.362 e. The maximum Gasteiger partial charge on any atom is 0.466 e. The van der Waals surface area contributed by atoms with Gasteiger partial charge in [0.1, 0.15) is 0 Å². The van der Waals surface area contributed by atoms with Crippen LogP contribution in [-0.2, 0) is 14.9 Å². The van der Waals surface area contributed by atoms with Gasteiger partial charge in [-0.05, 0) is 11.1 Å². The highest BCUT2D eigenvalue weighted by molar-refractivity contribution is 7.45. The van der Waals surface area contributed by atoms with Crippen molar-refractivity contribution in [3.63, 3.8) is 0 Å². The molecule has 0 aromatic heterocycles.